The monoisotopic (exact) mass is 455 g/mol. The van der Waals surface area contributed by atoms with Gasteiger partial charge in [0.05, 0.1) is 30.7 Å². The summed E-state index contributed by atoms with van der Waals surface area (Å²) in [5.41, 5.74) is 2.52. The van der Waals surface area contributed by atoms with Crippen LogP contribution in [-0.4, -0.2) is 82.8 Å². The maximum Gasteiger partial charge on any atom is 0.262 e. The second-order valence-electron chi connectivity index (χ2n) is 8.46. The third kappa shape index (κ3) is 5.48. The fourth-order valence-electron chi connectivity index (χ4n) is 4.27. The van der Waals surface area contributed by atoms with E-state index in [2.05, 4.69) is 10.0 Å². The number of hydrogen-bond donors (Lipinski definition) is 0. The molecule has 1 saturated heterocycles. The number of aryl methyl sites for hydroxylation is 1. The van der Waals surface area contributed by atoms with Gasteiger partial charge >= 0.3 is 0 Å². The van der Waals surface area contributed by atoms with Crippen LogP contribution in [-0.2, 0) is 21.4 Å². The van der Waals surface area contributed by atoms with Gasteiger partial charge in [-0.15, -0.1) is 0 Å². The SMILES string of the molecule is CC(=O)N(CCN1CCOCC1)CC(=O)N1N=C(c2cccn2C)CC1c1ccc(F)cc1. The molecule has 1 aromatic heterocycles. The first-order chi connectivity index (χ1) is 15.9. The highest BCUT2D eigenvalue weighted by molar-refractivity contribution is 6.02. The molecule has 9 heteroatoms. The van der Waals surface area contributed by atoms with E-state index in [-0.39, 0.29) is 30.2 Å². The summed E-state index contributed by atoms with van der Waals surface area (Å²) in [6.45, 7) is 5.59. The quantitative estimate of drug-likeness (QED) is 0.641. The Balaban J connectivity index is 1.51. The molecule has 0 saturated carbocycles. The highest BCUT2D eigenvalue weighted by Gasteiger charge is 2.34. The second kappa shape index (κ2) is 10.3. The summed E-state index contributed by atoms with van der Waals surface area (Å²) in [7, 11) is 1.93. The number of hydrogen-bond acceptors (Lipinski definition) is 5. The molecule has 1 atom stereocenters. The summed E-state index contributed by atoms with van der Waals surface area (Å²) in [4.78, 5) is 29.4. The summed E-state index contributed by atoms with van der Waals surface area (Å²) in [5.74, 6) is -0.740. The molecule has 0 bridgehead atoms. The maximum atomic E-state index is 13.5. The van der Waals surface area contributed by atoms with Gasteiger partial charge in [0.2, 0.25) is 5.91 Å². The average Bonchev–Trinajstić information content (AvgIpc) is 3.44. The fourth-order valence-corrected chi connectivity index (χ4v) is 4.27. The van der Waals surface area contributed by atoms with Crippen LogP contribution in [0.4, 0.5) is 4.39 Å². The molecule has 8 nitrogen and oxygen atoms in total. The van der Waals surface area contributed by atoms with Gasteiger partial charge in [-0.2, -0.15) is 5.10 Å². The number of amides is 2. The van der Waals surface area contributed by atoms with Crippen LogP contribution in [0, 0.1) is 5.82 Å². The Kier molecular flexibility index (Phi) is 7.20. The second-order valence-corrected chi connectivity index (χ2v) is 8.46. The lowest BCUT2D eigenvalue weighted by Gasteiger charge is -2.30. The van der Waals surface area contributed by atoms with Crippen LogP contribution in [0.3, 0.4) is 0 Å². The number of halogens is 1. The lowest BCUT2D eigenvalue weighted by molar-refractivity contribution is -0.140. The predicted molar refractivity (Wildman–Crippen MR) is 122 cm³/mol. The van der Waals surface area contributed by atoms with Crippen molar-refractivity contribution in [1.82, 2.24) is 19.4 Å². The molecule has 1 unspecified atom stereocenters. The number of ether oxygens (including phenoxy) is 1. The Morgan fingerprint density at radius 1 is 1.18 bits per heavy atom. The van der Waals surface area contributed by atoms with Crippen molar-refractivity contribution in [2.24, 2.45) is 12.1 Å². The summed E-state index contributed by atoms with van der Waals surface area (Å²) in [6, 6.07) is 9.69. The zero-order valence-electron chi connectivity index (χ0n) is 19.1. The van der Waals surface area contributed by atoms with Crippen molar-refractivity contribution in [3.05, 3.63) is 59.7 Å². The van der Waals surface area contributed by atoms with E-state index in [0.717, 1.165) is 30.1 Å². The fraction of sp³-hybridized carbons (Fsp3) is 0.458. The van der Waals surface area contributed by atoms with E-state index in [1.54, 1.807) is 17.0 Å². The molecule has 0 spiro atoms. The van der Waals surface area contributed by atoms with E-state index in [1.165, 1.54) is 24.1 Å². The molecular formula is C24H30FN5O3. The van der Waals surface area contributed by atoms with E-state index in [4.69, 9.17) is 4.74 Å². The van der Waals surface area contributed by atoms with Gasteiger partial charge in [0, 0.05) is 52.8 Å². The minimum absolute atomic E-state index is 0.0543. The highest BCUT2D eigenvalue weighted by Crippen LogP contribution is 2.33. The number of aromatic nitrogens is 1. The van der Waals surface area contributed by atoms with Gasteiger partial charge in [0.25, 0.3) is 5.91 Å². The van der Waals surface area contributed by atoms with Crippen molar-refractivity contribution in [3.8, 4) is 0 Å². The Morgan fingerprint density at radius 3 is 2.55 bits per heavy atom. The summed E-state index contributed by atoms with van der Waals surface area (Å²) < 4.78 is 20.8. The van der Waals surface area contributed by atoms with Gasteiger partial charge in [-0.05, 0) is 29.8 Å². The molecule has 2 amide bonds. The molecule has 2 aliphatic rings. The molecule has 33 heavy (non-hydrogen) atoms. The van der Waals surface area contributed by atoms with E-state index in [0.29, 0.717) is 32.7 Å². The lowest BCUT2D eigenvalue weighted by atomic mass is 10.0. The topological polar surface area (TPSA) is 70.4 Å². The number of morpholine rings is 1. The summed E-state index contributed by atoms with van der Waals surface area (Å²) in [5, 5.41) is 6.11. The van der Waals surface area contributed by atoms with Crippen LogP contribution >= 0.6 is 0 Å². The van der Waals surface area contributed by atoms with E-state index in [1.807, 2.05) is 29.9 Å². The third-order valence-corrected chi connectivity index (χ3v) is 6.22. The minimum Gasteiger partial charge on any atom is -0.379 e. The number of carbonyl (C=O) groups excluding carboxylic acids is 2. The number of benzene rings is 1. The van der Waals surface area contributed by atoms with Crippen molar-refractivity contribution in [3.63, 3.8) is 0 Å². The number of carbonyl (C=O) groups is 2. The van der Waals surface area contributed by atoms with E-state index in [9.17, 15) is 14.0 Å². The van der Waals surface area contributed by atoms with E-state index < -0.39 is 0 Å². The minimum atomic E-state index is -0.351. The lowest BCUT2D eigenvalue weighted by Crippen LogP contribution is -2.45. The zero-order chi connectivity index (χ0) is 23.4. The molecule has 0 N–H and O–H groups in total. The molecule has 176 valence electrons. The molecule has 1 fully saturated rings. The molecule has 2 aliphatic heterocycles. The molecule has 2 aromatic rings. The Morgan fingerprint density at radius 2 is 1.91 bits per heavy atom. The van der Waals surface area contributed by atoms with Gasteiger partial charge in [0.1, 0.15) is 12.4 Å². The average molecular weight is 456 g/mol. The number of nitrogens with zero attached hydrogens (tertiary/aromatic N) is 5. The summed E-state index contributed by atoms with van der Waals surface area (Å²) in [6.07, 6.45) is 2.45. The van der Waals surface area contributed by atoms with Crippen LogP contribution in [0.5, 0.6) is 0 Å². The molecule has 3 heterocycles. The standard InChI is InChI=1S/C24H30FN5O3/c1-18(31)29(11-10-28-12-14-33-15-13-28)17-24(32)30-23(19-5-7-20(25)8-6-19)16-21(26-30)22-4-3-9-27(22)2/h3-9,23H,10-17H2,1-2H3. The smallest absolute Gasteiger partial charge is 0.262 e. The van der Waals surface area contributed by atoms with Crippen LogP contribution in [0.15, 0.2) is 47.7 Å². The third-order valence-electron chi connectivity index (χ3n) is 6.22. The first-order valence-corrected chi connectivity index (χ1v) is 11.2. The molecule has 0 aliphatic carbocycles. The first kappa shape index (κ1) is 23.1. The van der Waals surface area contributed by atoms with Crippen molar-refractivity contribution in [1.29, 1.82) is 0 Å². The van der Waals surface area contributed by atoms with E-state index >= 15 is 0 Å². The zero-order valence-corrected chi connectivity index (χ0v) is 19.1. The maximum absolute atomic E-state index is 13.5. The molecular weight excluding hydrogens is 425 g/mol. The Labute approximate surface area is 193 Å². The van der Waals surface area contributed by atoms with Gasteiger partial charge in [-0.3, -0.25) is 14.5 Å². The Hall–Kier alpha value is -3.04. The van der Waals surface area contributed by atoms with Crippen LogP contribution in [0.1, 0.15) is 30.6 Å². The molecule has 4 rings (SSSR count). The molecule has 1 aromatic carbocycles. The van der Waals surface area contributed by atoms with Crippen molar-refractivity contribution in [2.75, 3.05) is 45.9 Å². The number of hydrazone groups is 1. The van der Waals surface area contributed by atoms with Crippen LogP contribution in [0.25, 0.3) is 0 Å². The van der Waals surface area contributed by atoms with Crippen LogP contribution in [0.2, 0.25) is 0 Å². The van der Waals surface area contributed by atoms with Gasteiger partial charge < -0.3 is 14.2 Å². The van der Waals surface area contributed by atoms with Crippen molar-refractivity contribution in [2.45, 2.75) is 19.4 Å². The van der Waals surface area contributed by atoms with Gasteiger partial charge in [-0.25, -0.2) is 9.40 Å². The van der Waals surface area contributed by atoms with Crippen molar-refractivity contribution < 1.29 is 18.7 Å². The van der Waals surface area contributed by atoms with Gasteiger partial charge in [0.15, 0.2) is 0 Å². The predicted octanol–water partition coefficient (Wildman–Crippen LogP) is 2.02. The molecule has 0 radical (unpaired) electrons. The number of rotatable bonds is 7. The largest absolute Gasteiger partial charge is 0.379 e. The Bertz CT molecular complexity index is 1010. The highest BCUT2D eigenvalue weighted by atomic mass is 19.1. The van der Waals surface area contributed by atoms with Crippen LogP contribution < -0.4 is 0 Å². The van der Waals surface area contributed by atoms with Gasteiger partial charge in [-0.1, -0.05) is 12.1 Å². The summed E-state index contributed by atoms with van der Waals surface area (Å²) >= 11 is 0. The normalized spacial score (nSPS) is 18.9. The first-order valence-electron chi connectivity index (χ1n) is 11.2. The van der Waals surface area contributed by atoms with Crippen molar-refractivity contribution >= 4 is 17.5 Å².